The van der Waals surface area contributed by atoms with E-state index in [-0.39, 0.29) is 41.9 Å². The van der Waals surface area contributed by atoms with Gasteiger partial charge in [-0.1, -0.05) is 50.7 Å². The summed E-state index contributed by atoms with van der Waals surface area (Å²) in [6.07, 6.45) is 10.2. The molecule has 1 aliphatic heterocycles. The molecule has 1 saturated carbocycles. The molecule has 3 atom stereocenters. The number of nitrogens with zero attached hydrogens (tertiary/aromatic N) is 4. The third-order valence-corrected chi connectivity index (χ3v) is 8.70. The second-order valence-electron chi connectivity index (χ2n) is 11.8. The van der Waals surface area contributed by atoms with Gasteiger partial charge in [0.15, 0.2) is 0 Å². The second kappa shape index (κ2) is 16.0. The molecule has 3 unspecified atom stereocenters. The van der Waals surface area contributed by atoms with Crippen molar-refractivity contribution in [3.8, 4) is 0 Å². The van der Waals surface area contributed by atoms with Crippen molar-refractivity contribution in [2.75, 3.05) is 20.1 Å². The van der Waals surface area contributed by atoms with Crippen molar-refractivity contribution in [2.45, 2.75) is 77.5 Å². The number of imidazole rings is 1. The lowest BCUT2D eigenvalue weighted by Gasteiger charge is -2.42. The first-order chi connectivity index (χ1) is 21.0. The van der Waals surface area contributed by atoms with Gasteiger partial charge in [-0.3, -0.25) is 4.79 Å². The fourth-order valence-corrected chi connectivity index (χ4v) is 6.14. The van der Waals surface area contributed by atoms with E-state index in [2.05, 4.69) is 41.0 Å². The number of benzene rings is 1. The first-order valence-electron chi connectivity index (χ1n) is 15.7. The number of hydrogen-bond acceptors (Lipinski definition) is 5. The highest BCUT2D eigenvalue weighted by Crippen LogP contribution is 2.43. The summed E-state index contributed by atoms with van der Waals surface area (Å²) in [6.45, 7) is 21.7. The summed E-state index contributed by atoms with van der Waals surface area (Å²) in [5.41, 5.74) is 3.55. The Hall–Kier alpha value is -3.52. The minimum Gasteiger partial charge on any atom is -0.447 e. The van der Waals surface area contributed by atoms with Gasteiger partial charge in [-0.15, -0.1) is 6.58 Å². The summed E-state index contributed by atoms with van der Waals surface area (Å²) in [5, 5.41) is 3.84. The van der Waals surface area contributed by atoms with Gasteiger partial charge in [-0.25, -0.2) is 9.78 Å². The topological polar surface area (TPSA) is 79.7 Å². The number of amides is 2. The molecule has 240 valence electrons. The smallest absolute Gasteiger partial charge is 0.410 e. The maximum Gasteiger partial charge on any atom is 0.410 e. The summed E-state index contributed by atoms with van der Waals surface area (Å²) < 4.78 is 7.38. The third kappa shape index (κ3) is 8.35. The van der Waals surface area contributed by atoms with Crippen LogP contribution in [0.5, 0.6) is 0 Å². The zero-order chi connectivity index (χ0) is 32.6. The van der Waals surface area contributed by atoms with Crippen molar-refractivity contribution in [3.05, 3.63) is 84.6 Å². The molecular formula is C35H50ClN5O3. The average molecular weight is 624 g/mol. The third-order valence-electron chi connectivity index (χ3n) is 8.46. The van der Waals surface area contributed by atoms with E-state index < -0.39 is 6.04 Å². The molecule has 8 nitrogen and oxygen atoms in total. The van der Waals surface area contributed by atoms with E-state index >= 15 is 0 Å². The van der Waals surface area contributed by atoms with E-state index in [4.69, 9.17) is 16.3 Å². The maximum atomic E-state index is 13.0. The Kier molecular flexibility index (Phi) is 12.7. The number of ether oxygens (including phenoxy) is 1. The number of nitrogens with one attached hydrogen (secondary N) is 1. The fourth-order valence-electron chi connectivity index (χ4n) is 5.97. The van der Waals surface area contributed by atoms with E-state index in [1.807, 2.05) is 70.8 Å². The molecule has 2 fully saturated rings. The quantitative estimate of drug-likeness (QED) is 0.250. The SMILES string of the molecule is C=CC(C(c1ccc(Cl)cc1C(=C)C(NC(=O)C1CC1)c1cncn1C)C1CCN(C(=O)OC(C)C)CC1)N(C)C=C.CC. The van der Waals surface area contributed by atoms with Crippen LogP contribution in [0.3, 0.4) is 0 Å². The van der Waals surface area contributed by atoms with Crippen molar-refractivity contribution in [1.82, 2.24) is 24.7 Å². The molecule has 0 spiro atoms. The lowest BCUT2D eigenvalue weighted by atomic mass is 9.73. The highest BCUT2D eigenvalue weighted by atomic mass is 35.5. The lowest BCUT2D eigenvalue weighted by Crippen LogP contribution is -2.44. The average Bonchev–Trinajstić information content (AvgIpc) is 3.79. The van der Waals surface area contributed by atoms with Gasteiger partial charge in [-0.05, 0) is 80.5 Å². The highest BCUT2D eigenvalue weighted by Gasteiger charge is 2.38. The number of rotatable bonds is 12. The molecule has 2 aromatic rings. The van der Waals surface area contributed by atoms with Crippen LogP contribution in [0.1, 0.15) is 82.2 Å². The zero-order valence-electron chi connectivity index (χ0n) is 27.3. The second-order valence-corrected chi connectivity index (χ2v) is 12.2. The Labute approximate surface area is 268 Å². The monoisotopic (exact) mass is 623 g/mol. The number of likely N-dealkylation sites (tertiary alicyclic amines) is 1. The van der Waals surface area contributed by atoms with Crippen molar-refractivity contribution in [3.63, 3.8) is 0 Å². The van der Waals surface area contributed by atoms with Crippen LogP contribution in [0.25, 0.3) is 5.57 Å². The number of piperidine rings is 1. The van der Waals surface area contributed by atoms with Gasteiger partial charge >= 0.3 is 6.09 Å². The first-order valence-corrected chi connectivity index (χ1v) is 16.1. The van der Waals surface area contributed by atoms with Gasteiger partial charge in [0, 0.05) is 44.0 Å². The van der Waals surface area contributed by atoms with Crippen LogP contribution in [0.15, 0.2) is 62.7 Å². The predicted molar refractivity (Wildman–Crippen MR) is 179 cm³/mol. The predicted octanol–water partition coefficient (Wildman–Crippen LogP) is 7.35. The van der Waals surface area contributed by atoms with E-state index in [9.17, 15) is 9.59 Å². The molecule has 9 heteroatoms. The summed E-state index contributed by atoms with van der Waals surface area (Å²) in [4.78, 5) is 33.9. The molecule has 2 amide bonds. The molecule has 1 N–H and O–H groups in total. The molecule has 1 aromatic heterocycles. The van der Waals surface area contributed by atoms with Crippen LogP contribution >= 0.6 is 11.6 Å². The summed E-state index contributed by atoms with van der Waals surface area (Å²) >= 11 is 6.63. The molecule has 0 radical (unpaired) electrons. The van der Waals surface area contributed by atoms with E-state index in [1.54, 1.807) is 17.4 Å². The Bertz CT molecular complexity index is 1310. The van der Waals surface area contributed by atoms with E-state index in [1.165, 1.54) is 0 Å². The molecule has 44 heavy (non-hydrogen) atoms. The lowest BCUT2D eigenvalue weighted by molar-refractivity contribution is -0.122. The maximum absolute atomic E-state index is 13.0. The van der Waals surface area contributed by atoms with Crippen LogP contribution in [-0.4, -0.2) is 63.6 Å². The molecule has 0 bridgehead atoms. The molecule has 4 rings (SSSR count). The fraction of sp³-hybridized carbons (Fsp3) is 0.514. The van der Waals surface area contributed by atoms with Crippen molar-refractivity contribution in [1.29, 1.82) is 0 Å². The largest absolute Gasteiger partial charge is 0.447 e. The number of aromatic nitrogens is 2. The summed E-state index contributed by atoms with van der Waals surface area (Å²) in [6, 6.07) is 5.37. The summed E-state index contributed by atoms with van der Waals surface area (Å²) in [7, 11) is 3.92. The number of aryl methyl sites for hydroxylation is 1. The Morgan fingerprint density at radius 1 is 1.16 bits per heavy atom. The van der Waals surface area contributed by atoms with Crippen LogP contribution in [-0.2, 0) is 16.6 Å². The Balaban J connectivity index is 0.00000259. The molecule has 2 aliphatic rings. The molecule has 1 aromatic carbocycles. The highest BCUT2D eigenvalue weighted by molar-refractivity contribution is 6.30. The van der Waals surface area contributed by atoms with Gasteiger partial charge in [0.1, 0.15) is 0 Å². The van der Waals surface area contributed by atoms with Crippen LogP contribution in [0.2, 0.25) is 5.02 Å². The van der Waals surface area contributed by atoms with Crippen LogP contribution < -0.4 is 5.32 Å². The minimum absolute atomic E-state index is 0.0101. The minimum atomic E-state index is -0.476. The number of carbonyl (C=O) groups is 2. The van der Waals surface area contributed by atoms with Crippen molar-refractivity contribution >= 4 is 29.2 Å². The number of halogens is 1. The number of carbonyl (C=O) groups excluding carboxylic acids is 2. The van der Waals surface area contributed by atoms with Crippen LogP contribution in [0, 0.1) is 11.8 Å². The van der Waals surface area contributed by atoms with Crippen LogP contribution in [0.4, 0.5) is 4.79 Å². The standard InChI is InChI=1S/C33H44ClN5O3.C2H6/c1-8-28(37(6)9-2)30(23-14-16-39(17-15-23)33(41)42-21(3)4)26-13-12-25(34)18-27(26)22(5)31(29-19-35-20-38(29)7)36-32(40)24-10-11-24;1-2/h8-9,12-13,18-21,23-24,28,30-31H,1-2,5,10-11,14-17H2,3-4,6-7H3,(H,36,40);1-2H3. The van der Waals surface area contributed by atoms with Gasteiger partial charge in [0.05, 0.1) is 36.4 Å². The molecule has 1 aliphatic carbocycles. The Morgan fingerprint density at radius 2 is 1.82 bits per heavy atom. The molecule has 2 heterocycles. The van der Waals surface area contributed by atoms with E-state index in [0.29, 0.717) is 18.1 Å². The van der Waals surface area contributed by atoms with Crippen molar-refractivity contribution in [2.24, 2.45) is 18.9 Å². The molecular weight excluding hydrogens is 574 g/mol. The molecule has 1 saturated heterocycles. The van der Waals surface area contributed by atoms with Gasteiger partial charge in [0.25, 0.3) is 0 Å². The van der Waals surface area contributed by atoms with Gasteiger partial charge in [0.2, 0.25) is 5.91 Å². The van der Waals surface area contributed by atoms with Crippen molar-refractivity contribution < 1.29 is 14.3 Å². The normalized spacial score (nSPS) is 17.0. The van der Waals surface area contributed by atoms with Gasteiger partial charge < -0.3 is 24.4 Å². The Morgan fingerprint density at radius 3 is 2.34 bits per heavy atom. The number of likely N-dealkylation sites (N-methyl/N-ethyl adjacent to an activating group) is 1. The number of hydrogen-bond donors (Lipinski definition) is 1. The summed E-state index contributed by atoms with van der Waals surface area (Å²) in [5.74, 6) is 0.282. The van der Waals surface area contributed by atoms with Gasteiger partial charge in [-0.2, -0.15) is 0 Å². The van der Waals surface area contributed by atoms with E-state index in [0.717, 1.165) is 48.1 Å². The first kappa shape index (κ1) is 35.0. The zero-order valence-corrected chi connectivity index (χ0v) is 28.0.